The van der Waals surface area contributed by atoms with Gasteiger partial charge in [0, 0.05) is 41.2 Å². The molecule has 0 atom stereocenters. The lowest BCUT2D eigenvalue weighted by Crippen LogP contribution is -2.46. The molecule has 0 saturated carbocycles. The number of benzene rings is 2. The predicted octanol–water partition coefficient (Wildman–Crippen LogP) is 4.56. The molecule has 0 spiro atoms. The number of rotatable bonds is 8. The second-order valence-electron chi connectivity index (χ2n) is 7.68. The molecule has 0 unspecified atom stereocenters. The molecule has 7 nitrogen and oxygen atoms in total. The first-order valence-electron chi connectivity index (χ1n) is 10.9. The number of carbonyl (C=O) groups excluding carboxylic acids is 3. The van der Waals surface area contributed by atoms with Crippen molar-refractivity contribution in [3.8, 4) is 0 Å². The lowest BCUT2D eigenvalue weighted by atomic mass is 10.0. The minimum atomic E-state index is -0.293. The largest absolute Gasteiger partial charge is 0.450 e. The number of nitrogens with zero attached hydrogens (tertiary/aromatic N) is 1. The van der Waals surface area contributed by atoms with Crippen molar-refractivity contribution in [3.05, 3.63) is 64.7 Å². The van der Waals surface area contributed by atoms with E-state index in [1.54, 1.807) is 48.2 Å². The van der Waals surface area contributed by atoms with Crippen LogP contribution in [0.2, 0.25) is 5.02 Å². The van der Waals surface area contributed by atoms with Crippen LogP contribution in [0.1, 0.15) is 35.7 Å². The zero-order valence-corrected chi connectivity index (χ0v) is 20.1. The van der Waals surface area contributed by atoms with E-state index in [9.17, 15) is 14.4 Å². The molecule has 176 valence electrons. The van der Waals surface area contributed by atoms with Gasteiger partial charge in [-0.15, -0.1) is 11.8 Å². The summed E-state index contributed by atoms with van der Waals surface area (Å²) in [7, 11) is 0. The van der Waals surface area contributed by atoms with E-state index in [2.05, 4.69) is 10.6 Å². The number of hydrogen-bond donors (Lipinski definition) is 2. The molecule has 2 aromatic rings. The van der Waals surface area contributed by atoms with Gasteiger partial charge in [-0.1, -0.05) is 23.7 Å². The Balaban J connectivity index is 1.38. The van der Waals surface area contributed by atoms with Crippen LogP contribution in [0.4, 0.5) is 10.5 Å². The fourth-order valence-corrected chi connectivity index (χ4v) is 4.35. The van der Waals surface area contributed by atoms with Gasteiger partial charge in [0.1, 0.15) is 0 Å². The van der Waals surface area contributed by atoms with Crippen LogP contribution in [0.3, 0.4) is 0 Å². The molecule has 1 heterocycles. The molecule has 0 bridgehead atoms. The number of halogens is 1. The van der Waals surface area contributed by atoms with Crippen LogP contribution >= 0.6 is 23.4 Å². The number of thioether (sulfide) groups is 1. The third-order valence-electron chi connectivity index (χ3n) is 5.20. The standard InChI is InChI=1S/C24H28ClN3O4S/c1-2-32-24(31)28-13-11-21(12-14-28)27-23(30)18-5-3-17(4-6-18)15-33-16-22(29)26-20-9-7-19(25)8-10-20/h3-10,21H,2,11-16H2,1H3,(H,26,29)(H,27,30). The van der Waals surface area contributed by atoms with Gasteiger partial charge >= 0.3 is 6.09 Å². The number of anilines is 1. The lowest BCUT2D eigenvalue weighted by Gasteiger charge is -2.31. The monoisotopic (exact) mass is 489 g/mol. The molecule has 2 aromatic carbocycles. The molecule has 1 aliphatic heterocycles. The first-order chi connectivity index (χ1) is 15.9. The number of likely N-dealkylation sites (tertiary alicyclic amines) is 1. The van der Waals surface area contributed by atoms with E-state index in [0.29, 0.717) is 60.3 Å². The fourth-order valence-electron chi connectivity index (χ4n) is 3.43. The second kappa shape index (κ2) is 12.5. The molecule has 0 aliphatic carbocycles. The first-order valence-corrected chi connectivity index (χ1v) is 12.4. The summed E-state index contributed by atoms with van der Waals surface area (Å²) < 4.78 is 5.02. The molecule has 2 N–H and O–H groups in total. The van der Waals surface area contributed by atoms with Gasteiger partial charge in [0.2, 0.25) is 5.91 Å². The summed E-state index contributed by atoms with van der Waals surface area (Å²) in [5.41, 5.74) is 2.35. The molecule has 0 aromatic heterocycles. The maximum atomic E-state index is 12.6. The molecular formula is C24H28ClN3O4S. The van der Waals surface area contributed by atoms with Crippen LogP contribution in [-0.2, 0) is 15.3 Å². The van der Waals surface area contributed by atoms with Crippen molar-refractivity contribution in [3.63, 3.8) is 0 Å². The zero-order valence-electron chi connectivity index (χ0n) is 18.5. The quantitative estimate of drug-likeness (QED) is 0.567. The highest BCUT2D eigenvalue weighted by Gasteiger charge is 2.24. The molecular weight excluding hydrogens is 462 g/mol. The molecule has 9 heteroatoms. The van der Waals surface area contributed by atoms with Crippen molar-refractivity contribution in [1.82, 2.24) is 10.2 Å². The van der Waals surface area contributed by atoms with Crippen LogP contribution in [0.25, 0.3) is 0 Å². The van der Waals surface area contributed by atoms with Crippen LogP contribution in [0.5, 0.6) is 0 Å². The summed E-state index contributed by atoms with van der Waals surface area (Å²) in [4.78, 5) is 38.1. The van der Waals surface area contributed by atoms with Crippen molar-refractivity contribution in [2.45, 2.75) is 31.6 Å². The number of amides is 3. The van der Waals surface area contributed by atoms with E-state index in [-0.39, 0.29) is 23.9 Å². The minimum absolute atomic E-state index is 0.0394. The van der Waals surface area contributed by atoms with Gasteiger partial charge in [0.25, 0.3) is 5.91 Å². The molecule has 3 rings (SSSR count). The van der Waals surface area contributed by atoms with Gasteiger partial charge in [-0.2, -0.15) is 0 Å². The number of piperidine rings is 1. The van der Waals surface area contributed by atoms with E-state index >= 15 is 0 Å². The highest BCUT2D eigenvalue weighted by Crippen LogP contribution is 2.17. The molecule has 1 saturated heterocycles. The van der Waals surface area contributed by atoms with E-state index in [0.717, 1.165) is 5.56 Å². The number of carbonyl (C=O) groups is 3. The minimum Gasteiger partial charge on any atom is -0.450 e. The summed E-state index contributed by atoms with van der Waals surface area (Å²) in [6.07, 6.45) is 1.12. The molecule has 3 amide bonds. The average Bonchev–Trinajstić information content (AvgIpc) is 2.81. The molecule has 0 radical (unpaired) electrons. The van der Waals surface area contributed by atoms with Gasteiger partial charge in [-0.05, 0) is 61.7 Å². The second-order valence-corrected chi connectivity index (χ2v) is 9.10. The van der Waals surface area contributed by atoms with Gasteiger partial charge in [-0.3, -0.25) is 9.59 Å². The van der Waals surface area contributed by atoms with Gasteiger partial charge < -0.3 is 20.3 Å². The van der Waals surface area contributed by atoms with Gasteiger partial charge in [0.05, 0.1) is 12.4 Å². The van der Waals surface area contributed by atoms with Crippen molar-refractivity contribution in [2.24, 2.45) is 0 Å². The van der Waals surface area contributed by atoms with Crippen molar-refractivity contribution >= 4 is 47.0 Å². The fraction of sp³-hybridized carbons (Fsp3) is 0.375. The lowest BCUT2D eigenvalue weighted by molar-refractivity contribution is -0.113. The first kappa shape index (κ1) is 24.9. The Hall–Kier alpha value is -2.71. The topological polar surface area (TPSA) is 87.7 Å². The number of ether oxygens (including phenoxy) is 1. The van der Waals surface area contributed by atoms with Crippen LogP contribution in [0.15, 0.2) is 48.5 Å². The number of hydrogen-bond acceptors (Lipinski definition) is 5. The predicted molar refractivity (Wildman–Crippen MR) is 132 cm³/mol. The molecule has 1 fully saturated rings. The van der Waals surface area contributed by atoms with E-state index < -0.39 is 0 Å². The van der Waals surface area contributed by atoms with E-state index in [4.69, 9.17) is 16.3 Å². The van der Waals surface area contributed by atoms with Gasteiger partial charge in [-0.25, -0.2) is 4.79 Å². The highest BCUT2D eigenvalue weighted by molar-refractivity contribution is 7.99. The summed E-state index contributed by atoms with van der Waals surface area (Å²) in [5, 5.41) is 6.50. The van der Waals surface area contributed by atoms with Gasteiger partial charge in [0.15, 0.2) is 0 Å². The van der Waals surface area contributed by atoms with Crippen LogP contribution < -0.4 is 10.6 Å². The maximum Gasteiger partial charge on any atom is 0.409 e. The Morgan fingerprint density at radius 2 is 1.73 bits per heavy atom. The Labute approximate surface area is 203 Å². The van der Waals surface area contributed by atoms with Crippen LogP contribution in [-0.4, -0.2) is 54.3 Å². The van der Waals surface area contributed by atoms with Crippen LogP contribution in [0, 0.1) is 0 Å². The molecule has 1 aliphatic rings. The smallest absolute Gasteiger partial charge is 0.409 e. The Bertz CT molecular complexity index is 945. The Morgan fingerprint density at radius 1 is 1.06 bits per heavy atom. The Kier molecular flexibility index (Phi) is 9.45. The normalized spacial score (nSPS) is 13.9. The average molecular weight is 490 g/mol. The zero-order chi connectivity index (χ0) is 23.6. The SMILES string of the molecule is CCOC(=O)N1CCC(NC(=O)c2ccc(CSCC(=O)Nc3ccc(Cl)cc3)cc2)CC1. The van der Waals surface area contributed by atoms with Crippen molar-refractivity contribution < 1.29 is 19.1 Å². The summed E-state index contributed by atoms with van der Waals surface area (Å²) >= 11 is 7.35. The highest BCUT2D eigenvalue weighted by atomic mass is 35.5. The van der Waals surface area contributed by atoms with E-state index in [1.165, 1.54) is 11.8 Å². The number of nitrogens with one attached hydrogen (secondary N) is 2. The molecule has 33 heavy (non-hydrogen) atoms. The Morgan fingerprint density at radius 3 is 2.36 bits per heavy atom. The van der Waals surface area contributed by atoms with Crippen molar-refractivity contribution in [2.75, 3.05) is 30.8 Å². The summed E-state index contributed by atoms with van der Waals surface area (Å²) in [5.74, 6) is 0.802. The van der Waals surface area contributed by atoms with Crippen molar-refractivity contribution in [1.29, 1.82) is 0 Å². The van der Waals surface area contributed by atoms with E-state index in [1.807, 2.05) is 12.1 Å². The summed E-state index contributed by atoms with van der Waals surface area (Å²) in [6.45, 7) is 3.30. The third kappa shape index (κ3) is 7.98. The summed E-state index contributed by atoms with van der Waals surface area (Å²) in [6, 6.07) is 14.4. The maximum absolute atomic E-state index is 12.6. The third-order valence-corrected chi connectivity index (χ3v) is 6.46.